The van der Waals surface area contributed by atoms with Crippen LogP contribution in [0.3, 0.4) is 0 Å². The van der Waals surface area contributed by atoms with Crippen LogP contribution in [0.4, 0.5) is 5.69 Å². The third-order valence-corrected chi connectivity index (χ3v) is 6.67. The number of ether oxygens (including phenoxy) is 2. The summed E-state index contributed by atoms with van der Waals surface area (Å²) in [5, 5.41) is 5.96. The molecular weight excluding hydrogens is 438 g/mol. The number of piperidine rings is 2. The van der Waals surface area contributed by atoms with E-state index in [4.69, 9.17) is 15.2 Å². The number of amides is 3. The molecule has 0 saturated carbocycles. The van der Waals surface area contributed by atoms with Crippen molar-refractivity contribution in [1.82, 2.24) is 15.1 Å². The number of nitrogens with one attached hydrogen (secondary N) is 2. The van der Waals surface area contributed by atoms with Crippen LogP contribution in [0.5, 0.6) is 0 Å². The average Bonchev–Trinajstić information content (AvgIpc) is 3.10. The Kier molecular flexibility index (Phi) is 8.49. The van der Waals surface area contributed by atoms with Crippen LogP contribution in [0.1, 0.15) is 46.4 Å². The fourth-order valence-corrected chi connectivity index (χ4v) is 4.67. The molecular formula is C24H35N5O5. The highest BCUT2D eigenvalue weighted by Gasteiger charge is 2.42. The standard InChI is InChI=1S/C24H35N5O5/c25-17-6-9-28(10-7-17)11-13-34-15-14-33-12-8-26-20-3-1-2-19-22(20)24(32)29(23(19)31)18-4-5-21(30)27-16-18/h1-3,17-18,26H,4-16,25H2,(H,27,30). The number of carbonyl (C=O) groups excluding carboxylic acids is 3. The van der Waals surface area contributed by atoms with Gasteiger partial charge in [-0.15, -0.1) is 0 Å². The van der Waals surface area contributed by atoms with Gasteiger partial charge in [0.05, 0.1) is 43.6 Å². The molecule has 1 atom stereocenters. The molecule has 3 aliphatic heterocycles. The molecule has 0 spiro atoms. The van der Waals surface area contributed by atoms with E-state index in [9.17, 15) is 14.4 Å². The van der Waals surface area contributed by atoms with Crippen LogP contribution in [0, 0.1) is 0 Å². The Morgan fingerprint density at radius 2 is 1.76 bits per heavy atom. The molecule has 0 bridgehead atoms. The Labute approximate surface area is 200 Å². The zero-order chi connectivity index (χ0) is 23.9. The molecule has 3 aliphatic rings. The number of fused-ring (bicyclic) bond motifs is 1. The number of benzene rings is 1. The number of likely N-dealkylation sites (tertiary alicyclic amines) is 1. The lowest BCUT2D eigenvalue weighted by Gasteiger charge is -2.29. The van der Waals surface area contributed by atoms with Gasteiger partial charge in [-0.2, -0.15) is 0 Å². The molecule has 0 aliphatic carbocycles. The highest BCUT2D eigenvalue weighted by Crippen LogP contribution is 2.32. The Hall–Kier alpha value is -2.53. The van der Waals surface area contributed by atoms with Crippen LogP contribution in [-0.2, 0) is 14.3 Å². The second-order valence-electron chi connectivity index (χ2n) is 9.04. The number of hydrogen-bond donors (Lipinski definition) is 3. The van der Waals surface area contributed by atoms with Crippen molar-refractivity contribution in [2.45, 2.75) is 37.8 Å². The van der Waals surface area contributed by atoms with E-state index in [0.29, 0.717) is 75.2 Å². The molecule has 1 aromatic rings. The van der Waals surface area contributed by atoms with Crippen molar-refractivity contribution in [3.8, 4) is 0 Å². The molecule has 3 amide bonds. The third-order valence-electron chi connectivity index (χ3n) is 6.67. The van der Waals surface area contributed by atoms with Crippen molar-refractivity contribution < 1.29 is 23.9 Å². The maximum Gasteiger partial charge on any atom is 0.263 e. The number of nitrogens with zero attached hydrogens (tertiary/aromatic N) is 2. The van der Waals surface area contributed by atoms with E-state index < -0.39 is 0 Å². The van der Waals surface area contributed by atoms with Crippen LogP contribution < -0.4 is 16.4 Å². The number of imide groups is 1. The minimum atomic E-state index is -0.311. The summed E-state index contributed by atoms with van der Waals surface area (Å²) in [4.78, 5) is 41.1. The van der Waals surface area contributed by atoms with Gasteiger partial charge in [0, 0.05) is 37.8 Å². The maximum atomic E-state index is 13.1. The van der Waals surface area contributed by atoms with Crippen LogP contribution >= 0.6 is 0 Å². The fourth-order valence-electron chi connectivity index (χ4n) is 4.67. The molecule has 1 unspecified atom stereocenters. The summed E-state index contributed by atoms with van der Waals surface area (Å²) in [5.41, 5.74) is 7.34. The van der Waals surface area contributed by atoms with Crippen molar-refractivity contribution in [1.29, 1.82) is 0 Å². The molecule has 0 radical (unpaired) electrons. The van der Waals surface area contributed by atoms with Gasteiger partial charge in [-0.25, -0.2) is 0 Å². The van der Waals surface area contributed by atoms with E-state index in [1.54, 1.807) is 18.2 Å². The lowest BCUT2D eigenvalue weighted by molar-refractivity contribution is -0.123. The average molecular weight is 474 g/mol. The monoisotopic (exact) mass is 473 g/mol. The first-order valence-corrected chi connectivity index (χ1v) is 12.2. The van der Waals surface area contributed by atoms with Gasteiger partial charge in [0.15, 0.2) is 0 Å². The first-order chi connectivity index (χ1) is 16.5. The third kappa shape index (κ3) is 5.93. The van der Waals surface area contributed by atoms with Gasteiger partial charge >= 0.3 is 0 Å². The molecule has 3 heterocycles. The largest absolute Gasteiger partial charge is 0.382 e. The van der Waals surface area contributed by atoms with E-state index in [-0.39, 0.29) is 23.8 Å². The first-order valence-electron chi connectivity index (χ1n) is 12.2. The smallest absolute Gasteiger partial charge is 0.263 e. The fraction of sp³-hybridized carbons (Fsp3) is 0.625. The Morgan fingerprint density at radius 1 is 1.00 bits per heavy atom. The number of carbonyl (C=O) groups is 3. The Morgan fingerprint density at radius 3 is 2.50 bits per heavy atom. The summed E-state index contributed by atoms with van der Waals surface area (Å²) in [5.74, 6) is -0.660. The zero-order valence-electron chi connectivity index (χ0n) is 19.6. The van der Waals surface area contributed by atoms with Crippen LogP contribution in [-0.4, -0.2) is 98.8 Å². The van der Waals surface area contributed by atoms with Gasteiger partial charge in [-0.3, -0.25) is 19.3 Å². The van der Waals surface area contributed by atoms with E-state index >= 15 is 0 Å². The highest BCUT2D eigenvalue weighted by atomic mass is 16.5. The quantitative estimate of drug-likeness (QED) is 0.312. The molecule has 4 rings (SSSR count). The molecule has 4 N–H and O–H groups in total. The number of rotatable bonds is 11. The van der Waals surface area contributed by atoms with Crippen LogP contribution in [0.15, 0.2) is 18.2 Å². The maximum absolute atomic E-state index is 13.1. The summed E-state index contributed by atoms with van der Waals surface area (Å²) in [6, 6.07) is 5.27. The molecule has 0 aromatic heterocycles. The predicted octanol–water partition coefficient (Wildman–Crippen LogP) is 0.429. The normalized spacial score (nSPS) is 21.6. The number of anilines is 1. The van der Waals surface area contributed by atoms with E-state index in [1.807, 2.05) is 0 Å². The molecule has 186 valence electrons. The minimum Gasteiger partial charge on any atom is -0.382 e. The molecule has 10 heteroatoms. The number of nitrogens with two attached hydrogens (primary N) is 1. The summed E-state index contributed by atoms with van der Waals surface area (Å²) >= 11 is 0. The van der Waals surface area contributed by atoms with Gasteiger partial charge in [0.1, 0.15) is 0 Å². The molecule has 2 saturated heterocycles. The van der Waals surface area contributed by atoms with Crippen molar-refractivity contribution in [3.05, 3.63) is 29.3 Å². The number of hydrogen-bond acceptors (Lipinski definition) is 8. The molecule has 2 fully saturated rings. The SMILES string of the molecule is NC1CCN(CCOCCOCCNc2cccc3c2C(=O)N(C2CCC(=O)NC2)C3=O)CC1. The second kappa shape index (κ2) is 11.7. The van der Waals surface area contributed by atoms with E-state index in [0.717, 1.165) is 32.5 Å². The van der Waals surface area contributed by atoms with Crippen LogP contribution in [0.2, 0.25) is 0 Å². The van der Waals surface area contributed by atoms with Gasteiger partial charge in [0.2, 0.25) is 5.91 Å². The summed E-state index contributed by atoms with van der Waals surface area (Å²) in [7, 11) is 0. The van der Waals surface area contributed by atoms with Gasteiger partial charge in [-0.05, 0) is 44.5 Å². The van der Waals surface area contributed by atoms with E-state index in [2.05, 4.69) is 15.5 Å². The van der Waals surface area contributed by atoms with Gasteiger partial charge < -0.3 is 30.7 Å². The molecule has 1 aromatic carbocycles. The topological polar surface area (TPSA) is 126 Å². The molecule has 10 nitrogen and oxygen atoms in total. The van der Waals surface area contributed by atoms with Crippen molar-refractivity contribution >= 4 is 23.4 Å². The summed E-state index contributed by atoms with van der Waals surface area (Å²) < 4.78 is 11.3. The summed E-state index contributed by atoms with van der Waals surface area (Å²) in [6.07, 6.45) is 2.91. The van der Waals surface area contributed by atoms with Crippen molar-refractivity contribution in [3.63, 3.8) is 0 Å². The first kappa shape index (κ1) is 24.6. The lowest BCUT2D eigenvalue weighted by Crippen LogP contribution is -2.50. The Balaban J connectivity index is 1.15. The van der Waals surface area contributed by atoms with Crippen molar-refractivity contribution in [2.75, 3.05) is 64.5 Å². The van der Waals surface area contributed by atoms with Gasteiger partial charge in [0.25, 0.3) is 11.8 Å². The van der Waals surface area contributed by atoms with Gasteiger partial charge in [-0.1, -0.05) is 6.07 Å². The molecule has 34 heavy (non-hydrogen) atoms. The minimum absolute atomic E-state index is 0.0483. The zero-order valence-corrected chi connectivity index (χ0v) is 19.6. The van der Waals surface area contributed by atoms with E-state index in [1.165, 1.54) is 4.90 Å². The Bertz CT molecular complexity index is 877. The summed E-state index contributed by atoms with van der Waals surface area (Å²) in [6.45, 7) is 5.98. The van der Waals surface area contributed by atoms with Crippen LogP contribution in [0.25, 0.3) is 0 Å². The predicted molar refractivity (Wildman–Crippen MR) is 127 cm³/mol. The lowest BCUT2D eigenvalue weighted by atomic mass is 10.1. The second-order valence-corrected chi connectivity index (χ2v) is 9.04. The highest BCUT2D eigenvalue weighted by molar-refractivity contribution is 6.24. The van der Waals surface area contributed by atoms with Crippen molar-refractivity contribution in [2.24, 2.45) is 5.73 Å².